The van der Waals surface area contributed by atoms with Gasteiger partial charge in [-0.25, -0.2) is 4.72 Å². The summed E-state index contributed by atoms with van der Waals surface area (Å²) in [7, 11) is 0. The fraction of sp³-hybridized carbons (Fsp3) is 0.227. The van der Waals surface area contributed by atoms with Crippen LogP contribution in [0.5, 0.6) is 0 Å². The fourth-order valence-corrected chi connectivity index (χ4v) is 6.03. The molecule has 9 nitrogen and oxygen atoms in total. The number of nitrogens with zero attached hydrogens (tertiary/aromatic N) is 3. The third kappa shape index (κ3) is 5.50. The number of rotatable bonds is 5. The Morgan fingerprint density at radius 1 is 1.24 bits per heavy atom. The fourth-order valence-electron chi connectivity index (χ4n) is 4.01. The van der Waals surface area contributed by atoms with E-state index in [0.717, 1.165) is 22.7 Å². The van der Waals surface area contributed by atoms with Gasteiger partial charge < -0.3 is 0 Å². The maximum Gasteiger partial charge on any atom is 0.416 e. The van der Waals surface area contributed by atoms with Crippen molar-refractivity contribution in [3.8, 4) is 0 Å². The second kappa shape index (κ2) is 9.62. The normalized spacial score (nSPS) is 21.9. The molecule has 1 unspecified atom stereocenters. The number of hydrogen-bond donors (Lipinski definition) is 3. The summed E-state index contributed by atoms with van der Waals surface area (Å²) in [5.74, 6) is -0.529. The van der Waals surface area contributed by atoms with Crippen LogP contribution in [0.3, 0.4) is 0 Å². The number of benzene rings is 2. The van der Waals surface area contributed by atoms with E-state index in [-0.39, 0.29) is 35.2 Å². The topological polar surface area (TPSA) is 117 Å². The van der Waals surface area contributed by atoms with Crippen molar-refractivity contribution in [1.29, 1.82) is 0 Å². The van der Waals surface area contributed by atoms with E-state index in [1.54, 1.807) is 18.2 Å². The van der Waals surface area contributed by atoms with Crippen molar-refractivity contribution in [2.75, 3.05) is 13.2 Å². The van der Waals surface area contributed by atoms with Gasteiger partial charge in [-0.05, 0) is 53.2 Å². The van der Waals surface area contributed by atoms with E-state index in [4.69, 9.17) is 15.8 Å². The summed E-state index contributed by atoms with van der Waals surface area (Å²) in [6, 6.07) is 8.03. The first kappa shape index (κ1) is 26.0. The molecule has 3 aromatic rings. The van der Waals surface area contributed by atoms with Crippen molar-refractivity contribution >= 4 is 62.5 Å². The number of amides is 2. The highest BCUT2D eigenvalue weighted by Crippen LogP contribution is 2.41. The zero-order valence-corrected chi connectivity index (χ0v) is 21.0. The lowest BCUT2D eigenvalue weighted by Crippen LogP contribution is -2.41. The van der Waals surface area contributed by atoms with E-state index in [1.807, 2.05) is 0 Å². The minimum atomic E-state index is -4.57. The van der Waals surface area contributed by atoms with Crippen molar-refractivity contribution < 1.29 is 36.0 Å². The Morgan fingerprint density at radius 3 is 2.73 bits per heavy atom. The molecule has 2 fully saturated rings. The number of imide groups is 1. The number of thioether (sulfide) groups is 1. The molecule has 2 aromatic carbocycles. The molecule has 1 aromatic heterocycles. The predicted molar refractivity (Wildman–Crippen MR) is 134 cm³/mol. The lowest BCUT2D eigenvalue weighted by molar-refractivity contribution is -0.138. The summed E-state index contributed by atoms with van der Waals surface area (Å²) in [5.41, 5.74) is 0.361. The third-order valence-electron chi connectivity index (χ3n) is 5.69. The standard InChI is InChI=1S/C22H18ClF3N4O5S2/c23-15-3-2-13(17(7-15)22(24,25)26)9-30-18-4-1-12(5-14(18)8-27-30)6-19-20(31)29(21(32)36-19)10-16-11-35-37(33,34)28-16/h1-8,16,28,33-34H,9-11H2. The van der Waals surface area contributed by atoms with E-state index in [9.17, 15) is 31.9 Å². The van der Waals surface area contributed by atoms with Gasteiger partial charge in [0.1, 0.15) is 0 Å². The van der Waals surface area contributed by atoms with Gasteiger partial charge in [-0.15, -0.1) is 0 Å². The quantitative estimate of drug-likeness (QED) is 0.349. The Bertz CT molecular complexity index is 1450. The molecule has 2 amide bonds. The first-order valence-corrected chi connectivity index (χ1v) is 13.3. The van der Waals surface area contributed by atoms with Crippen molar-refractivity contribution in [1.82, 2.24) is 19.4 Å². The van der Waals surface area contributed by atoms with Gasteiger partial charge >= 0.3 is 6.18 Å². The Balaban J connectivity index is 1.35. The van der Waals surface area contributed by atoms with E-state index in [1.165, 1.54) is 29.1 Å². The maximum atomic E-state index is 13.5. The second-order valence-electron chi connectivity index (χ2n) is 8.31. The molecule has 0 spiro atoms. The van der Waals surface area contributed by atoms with Crippen LogP contribution >= 0.6 is 34.4 Å². The highest BCUT2D eigenvalue weighted by Gasteiger charge is 2.40. The SMILES string of the molecule is O=C1SC(=Cc2ccc3c(cnn3Cc3ccc(Cl)cc3C(F)(F)F)c2)C(=O)N1CC1COS(O)(O)N1. The molecule has 5 rings (SSSR count). The van der Waals surface area contributed by atoms with Crippen molar-refractivity contribution in [3.05, 3.63) is 69.2 Å². The summed E-state index contributed by atoms with van der Waals surface area (Å²) < 4.78 is 68.1. The zero-order valence-electron chi connectivity index (χ0n) is 18.6. The number of alkyl halides is 3. The van der Waals surface area contributed by atoms with E-state index < -0.39 is 40.0 Å². The first-order valence-electron chi connectivity index (χ1n) is 10.7. The number of carbonyl (C=O) groups is 2. The molecule has 2 aliphatic heterocycles. The van der Waals surface area contributed by atoms with Crippen LogP contribution in [0.25, 0.3) is 17.0 Å². The molecule has 37 heavy (non-hydrogen) atoms. The van der Waals surface area contributed by atoms with Crippen LogP contribution in [-0.2, 0) is 21.7 Å². The lowest BCUT2D eigenvalue weighted by Gasteiger charge is -2.20. The molecule has 196 valence electrons. The minimum absolute atomic E-state index is 0.0145. The van der Waals surface area contributed by atoms with Crippen LogP contribution < -0.4 is 4.72 Å². The van der Waals surface area contributed by atoms with Crippen molar-refractivity contribution in [2.45, 2.75) is 18.8 Å². The van der Waals surface area contributed by atoms with Gasteiger partial charge in [0.25, 0.3) is 11.1 Å². The van der Waals surface area contributed by atoms with Gasteiger partial charge in [0.2, 0.25) is 0 Å². The highest BCUT2D eigenvalue weighted by molar-refractivity contribution is 8.18. The number of fused-ring (bicyclic) bond motifs is 1. The minimum Gasteiger partial charge on any atom is -0.296 e. The molecule has 0 saturated carbocycles. The summed E-state index contributed by atoms with van der Waals surface area (Å²) in [5, 5.41) is 4.34. The van der Waals surface area contributed by atoms with Crippen LogP contribution in [0.1, 0.15) is 16.7 Å². The zero-order chi connectivity index (χ0) is 26.5. The Kier molecular flexibility index (Phi) is 6.77. The van der Waals surface area contributed by atoms with Crippen LogP contribution in [0.4, 0.5) is 18.0 Å². The summed E-state index contributed by atoms with van der Waals surface area (Å²) in [6.07, 6.45) is -1.53. The average molecular weight is 575 g/mol. The molecule has 3 heterocycles. The smallest absolute Gasteiger partial charge is 0.296 e. The third-order valence-corrected chi connectivity index (χ3v) is 7.94. The lowest BCUT2D eigenvalue weighted by atomic mass is 10.1. The second-order valence-corrected chi connectivity index (χ2v) is 11.2. The molecule has 2 saturated heterocycles. The molecule has 0 aliphatic carbocycles. The molecule has 15 heteroatoms. The Labute approximate surface area is 218 Å². The monoisotopic (exact) mass is 574 g/mol. The number of halogens is 4. The first-order chi connectivity index (χ1) is 17.4. The number of carbonyl (C=O) groups excluding carboxylic acids is 2. The number of nitrogens with one attached hydrogen (secondary N) is 1. The van der Waals surface area contributed by atoms with Gasteiger partial charge in [-0.1, -0.05) is 23.7 Å². The van der Waals surface area contributed by atoms with Crippen molar-refractivity contribution in [2.24, 2.45) is 0 Å². The van der Waals surface area contributed by atoms with Crippen LogP contribution in [0.15, 0.2) is 47.5 Å². The van der Waals surface area contributed by atoms with Gasteiger partial charge in [-0.2, -0.15) is 18.3 Å². The highest BCUT2D eigenvalue weighted by atomic mass is 35.5. The van der Waals surface area contributed by atoms with E-state index in [2.05, 4.69) is 9.82 Å². The van der Waals surface area contributed by atoms with Crippen molar-refractivity contribution in [3.63, 3.8) is 0 Å². The molecule has 3 N–H and O–H groups in total. The number of hydrogen-bond acceptors (Lipinski definition) is 8. The predicted octanol–water partition coefficient (Wildman–Crippen LogP) is 5.36. The summed E-state index contributed by atoms with van der Waals surface area (Å²) >= 11 is 3.14. The molecule has 2 aliphatic rings. The van der Waals surface area contributed by atoms with Gasteiger partial charge in [0.15, 0.2) is 11.1 Å². The largest absolute Gasteiger partial charge is 0.416 e. The van der Waals surface area contributed by atoms with Crippen LogP contribution in [0, 0.1) is 0 Å². The summed E-state index contributed by atoms with van der Waals surface area (Å²) in [6.45, 7) is -0.282. The summed E-state index contributed by atoms with van der Waals surface area (Å²) in [4.78, 5) is 26.3. The molecular formula is C22H18ClF3N4O5S2. The Hall–Kier alpha value is -2.59. The number of aromatic nitrogens is 2. The van der Waals surface area contributed by atoms with E-state index in [0.29, 0.717) is 16.5 Å². The molecule has 0 radical (unpaired) electrons. The van der Waals surface area contributed by atoms with Gasteiger partial charge in [0.05, 0.1) is 41.4 Å². The van der Waals surface area contributed by atoms with Gasteiger partial charge in [0, 0.05) is 17.0 Å². The van der Waals surface area contributed by atoms with Crippen LogP contribution in [-0.4, -0.2) is 54.1 Å². The Morgan fingerprint density at radius 2 is 2.03 bits per heavy atom. The molecule has 0 bridgehead atoms. The molecular weight excluding hydrogens is 557 g/mol. The van der Waals surface area contributed by atoms with Gasteiger partial charge in [-0.3, -0.25) is 32.5 Å². The van der Waals surface area contributed by atoms with E-state index >= 15 is 0 Å². The average Bonchev–Trinajstić information content (AvgIpc) is 3.45. The molecule has 1 atom stereocenters. The maximum absolute atomic E-state index is 13.5. The van der Waals surface area contributed by atoms with Crippen LogP contribution in [0.2, 0.25) is 5.02 Å².